The molecular formula is C25H21ClF3N3O3S. The van der Waals surface area contributed by atoms with Crippen LogP contribution in [0.25, 0.3) is 21.3 Å². The van der Waals surface area contributed by atoms with Crippen LogP contribution in [0.15, 0.2) is 52.3 Å². The van der Waals surface area contributed by atoms with E-state index in [-0.39, 0.29) is 12.6 Å². The van der Waals surface area contributed by atoms with Crippen LogP contribution in [0.1, 0.15) is 29.7 Å². The lowest BCUT2D eigenvalue weighted by Crippen LogP contribution is -2.41. The normalized spacial score (nSPS) is 14.2. The van der Waals surface area contributed by atoms with Gasteiger partial charge in [-0.2, -0.15) is 13.2 Å². The molecule has 1 aliphatic rings. The first kappa shape index (κ1) is 24.6. The summed E-state index contributed by atoms with van der Waals surface area (Å²) >= 11 is 7.71. The smallest absolute Gasteiger partial charge is 0.406 e. The second-order valence-corrected chi connectivity index (χ2v) is 10.4. The predicted molar refractivity (Wildman–Crippen MR) is 133 cm³/mol. The molecule has 36 heavy (non-hydrogen) atoms. The zero-order chi connectivity index (χ0) is 25.6. The Morgan fingerprint density at radius 1 is 1.17 bits per heavy atom. The van der Waals surface area contributed by atoms with Gasteiger partial charge >= 0.3 is 11.9 Å². The topological polar surface area (TPSA) is 66.1 Å². The Kier molecular flexibility index (Phi) is 6.42. The van der Waals surface area contributed by atoms with Gasteiger partial charge in [0.05, 0.1) is 22.9 Å². The van der Waals surface area contributed by atoms with Crippen LogP contribution >= 0.6 is 22.9 Å². The fraction of sp³-hybridized carbons (Fsp3) is 0.320. The standard InChI is InChI=1S/C25H21ClF3N3O3S/c1-14-9-15(26)10-19(22(14)35-16-3-2-4-16)18-5-7-30-20-11-17(36-23(18)20)12-32-21(33)6-8-31(24(32)34)13-25(27,28)29/h5-11,16H,2-4,12-13H2,1H3. The highest BCUT2D eigenvalue weighted by Crippen LogP contribution is 2.42. The number of ether oxygens (including phenoxy) is 1. The number of aromatic nitrogens is 3. The highest BCUT2D eigenvalue weighted by Gasteiger charge is 2.29. The van der Waals surface area contributed by atoms with Crippen molar-refractivity contribution in [3.05, 3.63) is 79.0 Å². The largest absolute Gasteiger partial charge is 0.490 e. The zero-order valence-corrected chi connectivity index (χ0v) is 20.7. The molecule has 3 aromatic heterocycles. The van der Waals surface area contributed by atoms with Crippen LogP contribution in [0.4, 0.5) is 13.2 Å². The second-order valence-electron chi connectivity index (χ2n) is 8.82. The van der Waals surface area contributed by atoms with Gasteiger partial charge in [-0.3, -0.25) is 18.9 Å². The number of aryl methyl sites for hydroxylation is 1. The van der Waals surface area contributed by atoms with Crippen LogP contribution in [-0.4, -0.2) is 26.4 Å². The van der Waals surface area contributed by atoms with Gasteiger partial charge < -0.3 is 4.74 Å². The number of rotatable bonds is 6. The zero-order valence-electron chi connectivity index (χ0n) is 19.1. The molecule has 0 aliphatic heterocycles. The lowest BCUT2D eigenvalue weighted by molar-refractivity contribution is -0.141. The van der Waals surface area contributed by atoms with Gasteiger partial charge in [-0.25, -0.2) is 4.79 Å². The third-order valence-corrected chi connectivity index (χ3v) is 7.49. The number of halogens is 4. The van der Waals surface area contributed by atoms with Crippen molar-refractivity contribution in [1.29, 1.82) is 0 Å². The van der Waals surface area contributed by atoms with Crippen LogP contribution in [0, 0.1) is 6.92 Å². The number of nitrogens with zero attached hydrogens (tertiary/aromatic N) is 3. The summed E-state index contributed by atoms with van der Waals surface area (Å²) in [6, 6.07) is 8.24. The van der Waals surface area contributed by atoms with Crippen molar-refractivity contribution in [2.45, 2.75) is 51.6 Å². The van der Waals surface area contributed by atoms with Gasteiger partial charge in [-0.05, 0) is 56.0 Å². The molecule has 0 saturated heterocycles. The maximum Gasteiger partial charge on any atom is 0.406 e. The van der Waals surface area contributed by atoms with Crippen LogP contribution < -0.4 is 16.0 Å². The van der Waals surface area contributed by atoms with Gasteiger partial charge in [-0.15, -0.1) is 11.3 Å². The van der Waals surface area contributed by atoms with Crippen molar-refractivity contribution in [3.63, 3.8) is 0 Å². The van der Waals surface area contributed by atoms with Gasteiger partial charge in [0.2, 0.25) is 0 Å². The summed E-state index contributed by atoms with van der Waals surface area (Å²) in [5.41, 5.74) is 1.51. The summed E-state index contributed by atoms with van der Waals surface area (Å²) in [6.45, 7) is 0.300. The van der Waals surface area contributed by atoms with Crippen LogP contribution in [0.2, 0.25) is 5.02 Å². The van der Waals surface area contributed by atoms with Gasteiger partial charge in [0.25, 0.3) is 5.56 Å². The van der Waals surface area contributed by atoms with E-state index in [1.54, 1.807) is 12.3 Å². The van der Waals surface area contributed by atoms with Crippen molar-refractivity contribution in [2.75, 3.05) is 0 Å². The monoisotopic (exact) mass is 535 g/mol. The third kappa shape index (κ3) is 4.92. The Bertz CT molecular complexity index is 1570. The molecule has 0 N–H and O–H groups in total. The lowest BCUT2D eigenvalue weighted by Gasteiger charge is -2.28. The summed E-state index contributed by atoms with van der Waals surface area (Å²) < 4.78 is 46.9. The molecule has 6 nitrogen and oxygen atoms in total. The molecule has 1 saturated carbocycles. The van der Waals surface area contributed by atoms with Gasteiger partial charge in [0.1, 0.15) is 12.3 Å². The summed E-state index contributed by atoms with van der Waals surface area (Å²) in [5.74, 6) is 0.751. The molecule has 1 fully saturated rings. The van der Waals surface area contributed by atoms with Gasteiger partial charge in [0, 0.05) is 39.5 Å². The minimum absolute atomic E-state index is 0.156. The minimum atomic E-state index is -4.59. The Hall–Kier alpha value is -3.11. The molecule has 0 bridgehead atoms. The van der Waals surface area contributed by atoms with Crippen LogP contribution in [0.3, 0.4) is 0 Å². The average molecular weight is 536 g/mol. The molecule has 1 aromatic carbocycles. The molecule has 0 amide bonds. The van der Waals surface area contributed by atoms with E-state index in [1.807, 2.05) is 25.1 Å². The van der Waals surface area contributed by atoms with Crippen molar-refractivity contribution in [3.8, 4) is 16.9 Å². The molecule has 1 aliphatic carbocycles. The molecule has 11 heteroatoms. The second kappa shape index (κ2) is 9.40. The molecule has 0 radical (unpaired) electrons. The molecule has 3 heterocycles. The summed E-state index contributed by atoms with van der Waals surface area (Å²) in [7, 11) is 0. The highest BCUT2D eigenvalue weighted by molar-refractivity contribution is 7.19. The highest BCUT2D eigenvalue weighted by atomic mass is 35.5. The number of alkyl halides is 3. The predicted octanol–water partition coefficient (Wildman–Crippen LogP) is 5.79. The molecular weight excluding hydrogens is 515 g/mol. The van der Waals surface area contributed by atoms with Crippen molar-refractivity contribution < 1.29 is 17.9 Å². The number of hydrogen-bond donors (Lipinski definition) is 0. The van der Waals surface area contributed by atoms with Gasteiger partial charge in [-0.1, -0.05) is 11.6 Å². The number of fused-ring (bicyclic) bond motifs is 1. The average Bonchev–Trinajstić information content (AvgIpc) is 3.18. The molecule has 4 aromatic rings. The van der Waals surface area contributed by atoms with E-state index in [1.165, 1.54) is 11.3 Å². The minimum Gasteiger partial charge on any atom is -0.490 e. The molecule has 0 spiro atoms. The maximum absolute atomic E-state index is 12.8. The first-order chi connectivity index (χ1) is 17.1. The van der Waals surface area contributed by atoms with Crippen molar-refractivity contribution >= 4 is 33.2 Å². The fourth-order valence-electron chi connectivity index (χ4n) is 4.19. The molecule has 188 valence electrons. The van der Waals surface area contributed by atoms with E-state index < -0.39 is 24.0 Å². The van der Waals surface area contributed by atoms with E-state index in [9.17, 15) is 22.8 Å². The Morgan fingerprint density at radius 2 is 1.94 bits per heavy atom. The van der Waals surface area contributed by atoms with Crippen molar-refractivity contribution in [2.24, 2.45) is 0 Å². The Balaban J connectivity index is 1.57. The fourth-order valence-corrected chi connectivity index (χ4v) is 5.59. The maximum atomic E-state index is 12.8. The van der Waals surface area contributed by atoms with Gasteiger partial charge in [0.15, 0.2) is 0 Å². The van der Waals surface area contributed by atoms with E-state index >= 15 is 0 Å². The van der Waals surface area contributed by atoms with E-state index in [2.05, 4.69) is 4.98 Å². The van der Waals surface area contributed by atoms with E-state index in [0.717, 1.165) is 63.2 Å². The van der Waals surface area contributed by atoms with E-state index in [0.29, 0.717) is 20.0 Å². The molecule has 0 atom stereocenters. The summed E-state index contributed by atoms with van der Waals surface area (Å²) in [5, 5.41) is 0.561. The third-order valence-electron chi connectivity index (χ3n) is 6.13. The number of hydrogen-bond acceptors (Lipinski definition) is 5. The quantitative estimate of drug-likeness (QED) is 0.313. The molecule has 5 rings (SSSR count). The van der Waals surface area contributed by atoms with Crippen molar-refractivity contribution in [1.82, 2.24) is 14.1 Å². The molecule has 0 unspecified atom stereocenters. The first-order valence-electron chi connectivity index (χ1n) is 11.3. The number of thiophene rings is 1. The number of benzene rings is 1. The number of pyridine rings is 1. The summed E-state index contributed by atoms with van der Waals surface area (Å²) in [6.07, 6.45) is 1.21. The Labute approximate surface area is 212 Å². The van der Waals surface area contributed by atoms with Crippen LogP contribution in [0.5, 0.6) is 5.75 Å². The Morgan fingerprint density at radius 3 is 2.64 bits per heavy atom. The van der Waals surface area contributed by atoms with Crippen LogP contribution in [-0.2, 0) is 13.1 Å². The SMILES string of the molecule is Cc1cc(Cl)cc(-c2ccnc3cc(Cn4c(=O)ccn(CC(F)(F)F)c4=O)sc23)c1OC1CCC1. The first-order valence-corrected chi connectivity index (χ1v) is 12.5. The summed E-state index contributed by atoms with van der Waals surface area (Å²) in [4.78, 5) is 30.0. The lowest BCUT2D eigenvalue weighted by atomic mass is 9.95. The van der Waals surface area contributed by atoms with E-state index in [4.69, 9.17) is 16.3 Å².